The number of carbonyl (C=O) groups is 2. The van der Waals surface area contributed by atoms with Crippen LogP contribution in [0.3, 0.4) is 0 Å². The Hall–Kier alpha value is -0.860. The number of carbonyl (C=O) groups excluding carboxylic acids is 2. The zero-order chi connectivity index (χ0) is 8.15. The van der Waals surface area contributed by atoms with Gasteiger partial charge in [0.25, 0.3) is 0 Å². The fourth-order valence-electron chi connectivity index (χ4n) is 0.512. The molecular formula is C7H13NO2. The third kappa shape index (κ3) is 2.62. The molecule has 58 valence electrons. The van der Waals surface area contributed by atoms with Gasteiger partial charge in [0.1, 0.15) is 5.78 Å². The summed E-state index contributed by atoms with van der Waals surface area (Å²) in [5.41, 5.74) is 0. The van der Waals surface area contributed by atoms with Crippen molar-refractivity contribution in [3.63, 3.8) is 0 Å². The number of ketones is 1. The Bertz CT molecular complexity index is 143. The van der Waals surface area contributed by atoms with Gasteiger partial charge in [0, 0.05) is 6.54 Å². The van der Waals surface area contributed by atoms with E-state index in [0.717, 1.165) is 0 Å². The van der Waals surface area contributed by atoms with Crippen molar-refractivity contribution in [1.82, 2.24) is 5.32 Å². The molecule has 0 fully saturated rings. The van der Waals surface area contributed by atoms with Gasteiger partial charge < -0.3 is 5.32 Å². The van der Waals surface area contributed by atoms with Crippen molar-refractivity contribution in [2.45, 2.75) is 20.8 Å². The Kier molecular flexibility index (Phi) is 3.69. The normalized spacial score (nSPS) is 12.3. The summed E-state index contributed by atoms with van der Waals surface area (Å²) in [4.78, 5) is 21.5. The second kappa shape index (κ2) is 4.04. The summed E-state index contributed by atoms with van der Waals surface area (Å²) in [5, 5.41) is 2.57. The lowest BCUT2D eigenvalue weighted by Gasteiger charge is -2.05. The van der Waals surface area contributed by atoms with Gasteiger partial charge in [0.05, 0.1) is 5.92 Å². The minimum Gasteiger partial charge on any atom is -0.356 e. The molecular weight excluding hydrogens is 130 g/mol. The molecule has 0 aromatic heterocycles. The monoisotopic (exact) mass is 143 g/mol. The van der Waals surface area contributed by atoms with Crippen molar-refractivity contribution >= 4 is 11.7 Å². The van der Waals surface area contributed by atoms with Crippen LogP contribution in [0.4, 0.5) is 0 Å². The van der Waals surface area contributed by atoms with E-state index in [2.05, 4.69) is 5.32 Å². The van der Waals surface area contributed by atoms with Crippen LogP contribution in [0.25, 0.3) is 0 Å². The van der Waals surface area contributed by atoms with Crippen molar-refractivity contribution in [2.24, 2.45) is 5.92 Å². The molecule has 0 saturated carbocycles. The highest BCUT2D eigenvalue weighted by Gasteiger charge is 2.15. The van der Waals surface area contributed by atoms with E-state index in [9.17, 15) is 9.59 Å². The molecule has 1 N–H and O–H groups in total. The standard InChI is InChI=1S/C7H13NO2/c1-4-8-7(10)5(2)6(3)9/h5H,4H2,1-3H3,(H,8,10)/t5-/m1/s1. The van der Waals surface area contributed by atoms with Crippen molar-refractivity contribution in [3.05, 3.63) is 0 Å². The van der Waals surface area contributed by atoms with Gasteiger partial charge in [-0.2, -0.15) is 0 Å². The molecule has 10 heavy (non-hydrogen) atoms. The van der Waals surface area contributed by atoms with Crippen LogP contribution >= 0.6 is 0 Å². The predicted octanol–water partition coefficient (Wildman–Crippen LogP) is 0.348. The van der Waals surface area contributed by atoms with E-state index in [1.165, 1.54) is 6.92 Å². The highest BCUT2D eigenvalue weighted by molar-refractivity contribution is 5.99. The smallest absolute Gasteiger partial charge is 0.230 e. The van der Waals surface area contributed by atoms with E-state index in [1.54, 1.807) is 6.92 Å². The van der Waals surface area contributed by atoms with Crippen LogP contribution in [0.1, 0.15) is 20.8 Å². The summed E-state index contributed by atoms with van der Waals surface area (Å²) in [5.74, 6) is -0.777. The topological polar surface area (TPSA) is 46.2 Å². The molecule has 1 amide bonds. The van der Waals surface area contributed by atoms with E-state index >= 15 is 0 Å². The van der Waals surface area contributed by atoms with E-state index in [1.807, 2.05) is 6.92 Å². The fourth-order valence-corrected chi connectivity index (χ4v) is 0.512. The largest absolute Gasteiger partial charge is 0.356 e. The van der Waals surface area contributed by atoms with Gasteiger partial charge in [-0.3, -0.25) is 9.59 Å². The summed E-state index contributed by atoms with van der Waals surface area (Å²) >= 11 is 0. The van der Waals surface area contributed by atoms with E-state index in [0.29, 0.717) is 6.54 Å². The minimum atomic E-state index is -0.500. The number of hydrogen-bond acceptors (Lipinski definition) is 2. The number of hydrogen-bond donors (Lipinski definition) is 1. The number of Topliss-reactive ketones (excluding diaryl/α,β-unsaturated/α-hetero) is 1. The van der Waals surface area contributed by atoms with Crippen molar-refractivity contribution in [2.75, 3.05) is 6.54 Å². The molecule has 0 spiro atoms. The highest BCUT2D eigenvalue weighted by atomic mass is 16.2. The first-order valence-electron chi connectivity index (χ1n) is 3.37. The molecule has 0 unspecified atom stereocenters. The SMILES string of the molecule is CCNC(=O)[C@H](C)C(C)=O. The molecule has 1 atom stereocenters. The zero-order valence-electron chi connectivity index (χ0n) is 6.60. The molecule has 0 aromatic rings. The summed E-state index contributed by atoms with van der Waals surface area (Å²) < 4.78 is 0. The predicted molar refractivity (Wildman–Crippen MR) is 38.5 cm³/mol. The maximum atomic E-state index is 10.9. The lowest BCUT2D eigenvalue weighted by Crippen LogP contribution is -2.32. The third-order valence-corrected chi connectivity index (χ3v) is 1.35. The lowest BCUT2D eigenvalue weighted by molar-refractivity contribution is -0.132. The molecule has 0 radical (unpaired) electrons. The van der Waals surface area contributed by atoms with Crippen LogP contribution in [0, 0.1) is 5.92 Å². The molecule has 0 saturated heterocycles. The quantitative estimate of drug-likeness (QED) is 0.579. The molecule has 0 bridgehead atoms. The van der Waals surface area contributed by atoms with E-state index < -0.39 is 5.92 Å². The molecule has 3 heteroatoms. The van der Waals surface area contributed by atoms with Crippen molar-refractivity contribution in [1.29, 1.82) is 0 Å². The van der Waals surface area contributed by atoms with Crippen LogP contribution < -0.4 is 5.32 Å². The zero-order valence-corrected chi connectivity index (χ0v) is 6.60. The second-order valence-electron chi connectivity index (χ2n) is 2.23. The second-order valence-corrected chi connectivity index (χ2v) is 2.23. The van der Waals surface area contributed by atoms with Gasteiger partial charge in [0.2, 0.25) is 5.91 Å². The first-order valence-corrected chi connectivity index (χ1v) is 3.37. The Morgan fingerprint density at radius 2 is 2.00 bits per heavy atom. The van der Waals surface area contributed by atoms with Gasteiger partial charge in [-0.1, -0.05) is 0 Å². The van der Waals surface area contributed by atoms with Gasteiger partial charge in [-0.05, 0) is 20.8 Å². The minimum absolute atomic E-state index is 0.0917. The first-order chi connectivity index (χ1) is 4.59. The van der Waals surface area contributed by atoms with Crippen LogP contribution in [-0.2, 0) is 9.59 Å². The summed E-state index contributed by atoms with van der Waals surface area (Å²) in [6.45, 7) is 5.43. The van der Waals surface area contributed by atoms with E-state index in [4.69, 9.17) is 0 Å². The highest BCUT2D eigenvalue weighted by Crippen LogP contribution is 1.94. The summed E-state index contributed by atoms with van der Waals surface area (Å²) in [7, 11) is 0. The number of nitrogens with one attached hydrogen (secondary N) is 1. The molecule has 0 aliphatic rings. The van der Waals surface area contributed by atoms with Gasteiger partial charge in [-0.25, -0.2) is 0 Å². The van der Waals surface area contributed by atoms with Gasteiger partial charge in [-0.15, -0.1) is 0 Å². The van der Waals surface area contributed by atoms with Crippen molar-refractivity contribution in [3.8, 4) is 0 Å². The van der Waals surface area contributed by atoms with E-state index in [-0.39, 0.29) is 11.7 Å². The van der Waals surface area contributed by atoms with Crippen LogP contribution in [0.5, 0.6) is 0 Å². The first kappa shape index (κ1) is 9.14. The van der Waals surface area contributed by atoms with Crippen molar-refractivity contribution < 1.29 is 9.59 Å². The molecule has 0 rings (SSSR count). The number of amides is 1. The maximum absolute atomic E-state index is 10.9. The summed E-state index contributed by atoms with van der Waals surface area (Å²) in [6, 6.07) is 0. The number of rotatable bonds is 3. The van der Waals surface area contributed by atoms with Crippen LogP contribution in [0.2, 0.25) is 0 Å². The maximum Gasteiger partial charge on any atom is 0.230 e. The fraction of sp³-hybridized carbons (Fsp3) is 0.714. The summed E-state index contributed by atoms with van der Waals surface area (Å²) in [6.07, 6.45) is 0. The van der Waals surface area contributed by atoms with Crippen LogP contribution in [-0.4, -0.2) is 18.2 Å². The molecule has 0 aromatic carbocycles. The van der Waals surface area contributed by atoms with Gasteiger partial charge >= 0.3 is 0 Å². The Labute approximate surface area is 60.8 Å². The van der Waals surface area contributed by atoms with Gasteiger partial charge in [0.15, 0.2) is 0 Å². The molecule has 3 nitrogen and oxygen atoms in total. The molecule has 0 aliphatic carbocycles. The third-order valence-electron chi connectivity index (χ3n) is 1.35. The Morgan fingerprint density at radius 3 is 2.30 bits per heavy atom. The average molecular weight is 143 g/mol. The Morgan fingerprint density at radius 1 is 1.50 bits per heavy atom. The molecule has 0 heterocycles. The lowest BCUT2D eigenvalue weighted by atomic mass is 10.1. The van der Waals surface area contributed by atoms with Crippen LogP contribution in [0.15, 0.2) is 0 Å². The molecule has 0 aliphatic heterocycles. The average Bonchev–Trinajstić information content (AvgIpc) is 1.87. The Balaban J connectivity index is 3.82.